The van der Waals surface area contributed by atoms with Gasteiger partial charge in [-0.2, -0.15) is 13.2 Å². The molecule has 2 rings (SSSR count). The predicted molar refractivity (Wildman–Crippen MR) is 72.0 cm³/mol. The van der Waals surface area contributed by atoms with Gasteiger partial charge in [-0.3, -0.25) is 4.90 Å². The topological polar surface area (TPSA) is 45.5 Å². The fourth-order valence-corrected chi connectivity index (χ4v) is 2.57. The third-order valence-corrected chi connectivity index (χ3v) is 3.46. The normalized spacial score (nSPS) is 11.9. The van der Waals surface area contributed by atoms with Crippen molar-refractivity contribution in [1.29, 1.82) is 0 Å². The third kappa shape index (κ3) is 2.35. The fourth-order valence-electron chi connectivity index (χ4n) is 2.09. The van der Waals surface area contributed by atoms with Crippen molar-refractivity contribution in [3.63, 3.8) is 0 Å². The highest BCUT2D eigenvalue weighted by atomic mass is 79.9. The van der Waals surface area contributed by atoms with Gasteiger partial charge in [-0.05, 0) is 18.2 Å². The Bertz CT molecular complexity index is 694. The molecule has 8 heteroatoms. The molecule has 0 unspecified atom stereocenters. The number of hydrogen-bond acceptors (Lipinski definition) is 1. The van der Waals surface area contributed by atoms with E-state index in [1.807, 2.05) is 0 Å². The van der Waals surface area contributed by atoms with E-state index in [9.17, 15) is 18.0 Å². The van der Waals surface area contributed by atoms with Gasteiger partial charge in [-0.15, -0.1) is 0 Å². The highest BCUT2D eigenvalue weighted by molar-refractivity contribution is 9.10. The maximum atomic E-state index is 13.1. The van der Waals surface area contributed by atoms with E-state index in [0.29, 0.717) is 5.39 Å². The number of carbonyl (C=O) groups is 1. The fraction of sp³-hybridized carbons (Fsp3) is 0.250. The number of rotatable bonds is 1. The molecule has 0 saturated heterocycles. The van der Waals surface area contributed by atoms with Crippen LogP contribution in [-0.2, 0) is 13.2 Å². The van der Waals surface area contributed by atoms with Crippen LogP contribution in [-0.4, -0.2) is 22.8 Å². The molecule has 4 nitrogen and oxygen atoms in total. The van der Waals surface area contributed by atoms with Gasteiger partial charge < -0.3 is 9.67 Å². The second-order valence-corrected chi connectivity index (χ2v) is 5.21. The van der Waals surface area contributed by atoms with Crippen molar-refractivity contribution >= 4 is 38.7 Å². The summed E-state index contributed by atoms with van der Waals surface area (Å²) in [4.78, 5) is 11.8. The molecule has 20 heavy (non-hydrogen) atoms. The maximum absolute atomic E-state index is 13.1. The van der Waals surface area contributed by atoms with E-state index in [2.05, 4.69) is 15.9 Å². The number of hydrogen-bond donors (Lipinski definition) is 1. The first kappa shape index (κ1) is 14.7. The average molecular weight is 351 g/mol. The third-order valence-electron chi connectivity index (χ3n) is 3.00. The van der Waals surface area contributed by atoms with Crippen LogP contribution in [0.1, 0.15) is 5.56 Å². The zero-order valence-corrected chi connectivity index (χ0v) is 12.1. The summed E-state index contributed by atoms with van der Waals surface area (Å²) >= 11 is 3.04. The molecule has 1 N–H and O–H groups in total. The molecule has 0 aliphatic rings. The summed E-state index contributed by atoms with van der Waals surface area (Å²) in [5.74, 6) is 0.163. The number of aryl methyl sites for hydroxylation is 1. The van der Waals surface area contributed by atoms with Crippen LogP contribution in [0.2, 0.25) is 0 Å². The lowest BCUT2D eigenvalue weighted by Gasteiger charge is -2.15. The van der Waals surface area contributed by atoms with Crippen molar-refractivity contribution in [1.82, 2.24) is 4.57 Å². The summed E-state index contributed by atoms with van der Waals surface area (Å²) in [5, 5.41) is 9.27. The molecule has 1 aromatic carbocycles. The van der Waals surface area contributed by atoms with Crippen LogP contribution in [0.25, 0.3) is 10.9 Å². The van der Waals surface area contributed by atoms with E-state index >= 15 is 0 Å². The van der Waals surface area contributed by atoms with Crippen molar-refractivity contribution in [3.05, 3.63) is 28.2 Å². The standard InChI is InChI=1S/C12H10BrF3N2O2/c1-17-9(18(2)11(19)20)4-6-3-7(13)5-8(10(6)17)12(14,15)16/h3-5H,1-2H3,(H,19,20). The van der Waals surface area contributed by atoms with E-state index in [1.165, 1.54) is 30.8 Å². The Morgan fingerprint density at radius 3 is 2.45 bits per heavy atom. The van der Waals surface area contributed by atoms with Crippen LogP contribution in [0.3, 0.4) is 0 Å². The van der Waals surface area contributed by atoms with E-state index in [1.54, 1.807) is 0 Å². The minimum Gasteiger partial charge on any atom is -0.465 e. The van der Waals surface area contributed by atoms with Gasteiger partial charge in [-0.1, -0.05) is 15.9 Å². The van der Waals surface area contributed by atoms with Crippen molar-refractivity contribution < 1.29 is 23.1 Å². The zero-order valence-electron chi connectivity index (χ0n) is 10.5. The van der Waals surface area contributed by atoms with Crippen LogP contribution in [0, 0.1) is 0 Å². The molecule has 0 spiro atoms. The van der Waals surface area contributed by atoms with Crippen molar-refractivity contribution in [2.75, 3.05) is 11.9 Å². The van der Waals surface area contributed by atoms with Crippen molar-refractivity contribution in [3.8, 4) is 0 Å². The number of nitrogens with zero attached hydrogens (tertiary/aromatic N) is 2. The number of alkyl halides is 3. The summed E-state index contributed by atoms with van der Waals surface area (Å²) in [6.07, 6.45) is -5.77. The molecular weight excluding hydrogens is 341 g/mol. The second kappa shape index (κ2) is 4.69. The molecule has 2 aromatic rings. The summed E-state index contributed by atoms with van der Waals surface area (Å²) in [6, 6.07) is 3.90. The molecule has 108 valence electrons. The van der Waals surface area contributed by atoms with Gasteiger partial charge in [0.05, 0.1) is 11.1 Å². The average Bonchev–Trinajstić information content (AvgIpc) is 2.63. The van der Waals surface area contributed by atoms with Gasteiger partial charge in [0.2, 0.25) is 0 Å². The Morgan fingerprint density at radius 2 is 1.95 bits per heavy atom. The molecular formula is C12H10BrF3N2O2. The van der Waals surface area contributed by atoms with Gasteiger partial charge in [0.15, 0.2) is 0 Å². The minimum atomic E-state index is -4.52. The Morgan fingerprint density at radius 1 is 1.35 bits per heavy atom. The first-order valence-electron chi connectivity index (χ1n) is 5.45. The Hall–Kier alpha value is -1.70. The number of amides is 1. The largest absolute Gasteiger partial charge is 0.465 e. The Balaban J connectivity index is 2.81. The summed E-state index contributed by atoms with van der Waals surface area (Å²) < 4.78 is 40.8. The molecule has 0 bridgehead atoms. The molecule has 0 fully saturated rings. The van der Waals surface area contributed by atoms with Crippen molar-refractivity contribution in [2.45, 2.75) is 6.18 Å². The molecule has 0 atom stereocenters. The molecule has 0 aliphatic carbocycles. The first-order chi connectivity index (χ1) is 9.12. The molecule has 0 saturated carbocycles. The monoisotopic (exact) mass is 350 g/mol. The number of anilines is 1. The second-order valence-electron chi connectivity index (χ2n) is 4.29. The Labute approximate surface area is 120 Å². The van der Waals surface area contributed by atoms with Crippen LogP contribution in [0.5, 0.6) is 0 Å². The van der Waals surface area contributed by atoms with Gasteiger partial charge in [0.1, 0.15) is 5.82 Å². The lowest BCUT2D eigenvalue weighted by Crippen LogP contribution is -2.25. The molecule has 0 radical (unpaired) electrons. The van der Waals surface area contributed by atoms with Gasteiger partial charge >= 0.3 is 12.3 Å². The van der Waals surface area contributed by atoms with Gasteiger partial charge in [0, 0.05) is 24.0 Å². The zero-order chi connectivity index (χ0) is 15.2. The van der Waals surface area contributed by atoms with Crippen LogP contribution in [0.15, 0.2) is 22.7 Å². The SMILES string of the molecule is CN(C(=O)O)c1cc2cc(Br)cc(C(F)(F)F)c2n1C. The molecule has 1 aromatic heterocycles. The molecule has 0 aliphatic heterocycles. The number of halogens is 4. The van der Waals surface area contributed by atoms with Crippen LogP contribution >= 0.6 is 15.9 Å². The molecule has 1 heterocycles. The van der Waals surface area contributed by atoms with Crippen molar-refractivity contribution in [2.24, 2.45) is 7.05 Å². The van der Waals surface area contributed by atoms with Crippen LogP contribution < -0.4 is 4.90 Å². The Kier molecular flexibility index (Phi) is 3.45. The quantitative estimate of drug-likeness (QED) is 0.842. The van der Waals surface area contributed by atoms with Crippen LogP contribution in [0.4, 0.5) is 23.8 Å². The maximum Gasteiger partial charge on any atom is 0.418 e. The molecule has 1 amide bonds. The highest BCUT2D eigenvalue weighted by Crippen LogP contribution is 2.39. The smallest absolute Gasteiger partial charge is 0.418 e. The number of carboxylic acid groups (broad SMARTS) is 1. The number of fused-ring (bicyclic) bond motifs is 1. The first-order valence-corrected chi connectivity index (χ1v) is 6.25. The van der Waals surface area contributed by atoms with E-state index in [0.717, 1.165) is 11.0 Å². The summed E-state index contributed by atoms with van der Waals surface area (Å²) in [7, 11) is 2.68. The lowest BCUT2D eigenvalue weighted by molar-refractivity contribution is -0.136. The summed E-state index contributed by atoms with van der Waals surface area (Å²) in [5.41, 5.74) is -0.863. The van der Waals surface area contributed by atoms with Gasteiger partial charge in [0.25, 0.3) is 0 Å². The predicted octanol–water partition coefficient (Wildman–Crippen LogP) is 4.07. The highest BCUT2D eigenvalue weighted by Gasteiger charge is 2.35. The van der Waals surface area contributed by atoms with E-state index in [-0.39, 0.29) is 15.8 Å². The van der Waals surface area contributed by atoms with Gasteiger partial charge in [-0.25, -0.2) is 4.79 Å². The van der Waals surface area contributed by atoms with E-state index in [4.69, 9.17) is 5.11 Å². The number of benzene rings is 1. The number of aromatic nitrogens is 1. The minimum absolute atomic E-state index is 0.0520. The summed E-state index contributed by atoms with van der Waals surface area (Å²) in [6.45, 7) is 0. The van der Waals surface area contributed by atoms with E-state index < -0.39 is 17.8 Å². The lowest BCUT2D eigenvalue weighted by atomic mass is 10.1.